The van der Waals surface area contributed by atoms with Crippen LogP contribution in [0.15, 0.2) is 64.3 Å². The first-order valence-corrected chi connectivity index (χ1v) is 8.77. The highest BCUT2D eigenvalue weighted by molar-refractivity contribution is 6.10. The van der Waals surface area contributed by atoms with Crippen LogP contribution in [0.3, 0.4) is 0 Å². The van der Waals surface area contributed by atoms with E-state index < -0.39 is 0 Å². The number of nitrogens with zero attached hydrogens (tertiary/aromatic N) is 1. The fourth-order valence-corrected chi connectivity index (χ4v) is 2.71. The number of hydrogen-bond acceptors (Lipinski definition) is 2. The third-order valence-electron chi connectivity index (χ3n) is 4.33. The Morgan fingerprint density at radius 3 is 2.00 bits per heavy atom. The van der Waals surface area contributed by atoms with E-state index >= 15 is 0 Å². The van der Waals surface area contributed by atoms with Crippen molar-refractivity contribution in [2.45, 2.75) is 53.9 Å². The van der Waals surface area contributed by atoms with Crippen LogP contribution in [0.1, 0.15) is 59.6 Å². The number of hydrogen-bond donors (Lipinski definition) is 0. The van der Waals surface area contributed by atoms with Crippen LogP contribution in [0, 0.1) is 5.41 Å². The maximum absolute atomic E-state index is 12.3. The van der Waals surface area contributed by atoms with Crippen LogP contribution < -0.4 is 0 Å². The van der Waals surface area contributed by atoms with Crippen LogP contribution in [0.2, 0.25) is 0 Å². The lowest BCUT2D eigenvalue weighted by Crippen LogP contribution is -2.21. The molecule has 2 heteroatoms. The zero-order chi connectivity index (χ0) is 18.8. The van der Waals surface area contributed by atoms with E-state index in [-0.39, 0.29) is 16.6 Å². The third kappa shape index (κ3) is 4.88. The van der Waals surface area contributed by atoms with E-state index in [1.807, 2.05) is 31.5 Å². The molecule has 1 aromatic rings. The van der Waals surface area contributed by atoms with Crippen LogP contribution >= 0.6 is 0 Å². The van der Waals surface area contributed by atoms with E-state index in [0.29, 0.717) is 0 Å². The quantitative estimate of drug-likeness (QED) is 0.629. The normalized spacial score (nSPS) is 17.9. The molecule has 25 heavy (non-hydrogen) atoms. The smallest absolute Gasteiger partial charge is 0.185 e. The number of Topliss-reactive ketones (excluding diaryl/α,β-unsaturated/α-hetero) is 1. The average molecular weight is 335 g/mol. The summed E-state index contributed by atoms with van der Waals surface area (Å²) in [5, 5.41) is 0. The minimum absolute atomic E-state index is 0.131. The summed E-state index contributed by atoms with van der Waals surface area (Å²) in [5.41, 5.74) is 4.93. The zero-order valence-corrected chi connectivity index (χ0v) is 16.5. The highest BCUT2D eigenvalue weighted by Gasteiger charge is 2.27. The molecule has 1 aromatic carbocycles. The van der Waals surface area contributed by atoms with Gasteiger partial charge in [0.25, 0.3) is 0 Å². The van der Waals surface area contributed by atoms with Crippen molar-refractivity contribution in [2.24, 2.45) is 10.4 Å². The summed E-state index contributed by atoms with van der Waals surface area (Å²) in [6.45, 7) is 14.7. The molecule has 0 radical (unpaired) electrons. The predicted molar refractivity (Wildman–Crippen MR) is 107 cm³/mol. The monoisotopic (exact) mass is 335 g/mol. The topological polar surface area (TPSA) is 29.4 Å². The molecule has 0 spiro atoms. The van der Waals surface area contributed by atoms with Gasteiger partial charge in [-0.2, -0.15) is 0 Å². The van der Waals surface area contributed by atoms with Crippen molar-refractivity contribution in [1.29, 1.82) is 0 Å². The molecule has 1 aliphatic carbocycles. The van der Waals surface area contributed by atoms with Crippen molar-refractivity contribution in [3.8, 4) is 0 Å². The van der Waals surface area contributed by atoms with Gasteiger partial charge in [0.1, 0.15) is 0 Å². The van der Waals surface area contributed by atoms with Gasteiger partial charge in [-0.3, -0.25) is 9.79 Å². The summed E-state index contributed by atoms with van der Waals surface area (Å²) >= 11 is 0. The van der Waals surface area contributed by atoms with Crippen LogP contribution in [0.5, 0.6) is 0 Å². The summed E-state index contributed by atoms with van der Waals surface area (Å²) in [4.78, 5) is 16.8. The van der Waals surface area contributed by atoms with E-state index in [9.17, 15) is 4.79 Å². The molecule has 0 amide bonds. The lowest BCUT2D eigenvalue weighted by Gasteiger charge is -2.24. The molecule has 0 saturated heterocycles. The fraction of sp³-hybridized carbons (Fsp3) is 0.391. The Morgan fingerprint density at radius 2 is 1.48 bits per heavy atom. The Balaban J connectivity index is 2.22. The molecule has 2 nitrogen and oxygen atoms in total. The van der Waals surface area contributed by atoms with Crippen molar-refractivity contribution in [3.63, 3.8) is 0 Å². The summed E-state index contributed by atoms with van der Waals surface area (Å²) in [6, 6.07) is 8.47. The highest BCUT2D eigenvalue weighted by atomic mass is 16.1. The van der Waals surface area contributed by atoms with E-state index in [4.69, 9.17) is 0 Å². The van der Waals surface area contributed by atoms with E-state index in [2.05, 4.69) is 70.8 Å². The van der Waals surface area contributed by atoms with Crippen molar-refractivity contribution < 1.29 is 4.79 Å². The molecule has 0 aromatic heterocycles. The number of carbonyl (C=O) groups excluding carboxylic acids is 1. The second-order valence-corrected chi connectivity index (χ2v) is 8.74. The fourth-order valence-electron chi connectivity index (χ4n) is 2.71. The first-order valence-electron chi connectivity index (χ1n) is 8.77. The van der Waals surface area contributed by atoms with Gasteiger partial charge < -0.3 is 0 Å². The molecule has 0 atom stereocenters. The molecule has 0 fully saturated rings. The molecule has 0 bridgehead atoms. The predicted octanol–water partition coefficient (Wildman–Crippen LogP) is 5.79. The van der Waals surface area contributed by atoms with Gasteiger partial charge in [0, 0.05) is 18.0 Å². The van der Waals surface area contributed by atoms with Crippen LogP contribution in [-0.4, -0.2) is 12.0 Å². The van der Waals surface area contributed by atoms with Gasteiger partial charge in [-0.05, 0) is 52.2 Å². The maximum atomic E-state index is 12.3. The number of ketones is 1. The molecular weight excluding hydrogens is 306 g/mol. The SMILES string of the molecule is CC1=CC(=CN=Cc2ccc(C(C)(C)C)cc2)C=C(C(C)(C)C)C1=O. The van der Waals surface area contributed by atoms with Gasteiger partial charge in [-0.25, -0.2) is 0 Å². The van der Waals surface area contributed by atoms with E-state index in [1.54, 1.807) is 0 Å². The summed E-state index contributed by atoms with van der Waals surface area (Å²) < 4.78 is 0. The Labute approximate surface area is 152 Å². The molecule has 0 N–H and O–H groups in total. The van der Waals surface area contributed by atoms with Crippen LogP contribution in [0.25, 0.3) is 0 Å². The third-order valence-corrected chi connectivity index (χ3v) is 4.33. The lowest BCUT2D eigenvalue weighted by molar-refractivity contribution is -0.113. The Bertz CT molecular complexity index is 773. The number of rotatable bonds is 2. The van der Waals surface area contributed by atoms with Gasteiger partial charge >= 0.3 is 0 Å². The number of allylic oxidation sites excluding steroid dienone is 5. The first-order chi connectivity index (χ1) is 11.5. The van der Waals surface area contributed by atoms with Crippen molar-refractivity contribution in [1.82, 2.24) is 0 Å². The number of benzene rings is 1. The van der Waals surface area contributed by atoms with E-state index in [0.717, 1.165) is 22.3 Å². The molecule has 0 heterocycles. The molecule has 0 saturated carbocycles. The molecule has 0 unspecified atom stereocenters. The Hall–Kier alpha value is -2.22. The zero-order valence-electron chi connectivity index (χ0n) is 16.5. The maximum Gasteiger partial charge on any atom is 0.185 e. The summed E-state index contributed by atoms with van der Waals surface area (Å²) in [5.74, 6) is 0.131. The summed E-state index contributed by atoms with van der Waals surface area (Å²) in [6.07, 6.45) is 7.52. The van der Waals surface area contributed by atoms with E-state index in [1.165, 1.54) is 5.56 Å². The van der Waals surface area contributed by atoms with Crippen molar-refractivity contribution in [3.05, 3.63) is 70.5 Å². The largest absolute Gasteiger partial charge is 0.289 e. The molecule has 2 rings (SSSR count). The highest BCUT2D eigenvalue weighted by Crippen LogP contribution is 2.32. The second-order valence-electron chi connectivity index (χ2n) is 8.74. The van der Waals surface area contributed by atoms with Gasteiger partial charge in [0.15, 0.2) is 5.78 Å². The first kappa shape index (κ1) is 19.1. The minimum atomic E-state index is -0.168. The standard InChI is InChI=1S/C23H29NO/c1-16-12-18(13-20(21(16)25)23(5,6)7)15-24-14-17-8-10-19(11-9-17)22(2,3)4/h8-15H,1-7H3. The van der Waals surface area contributed by atoms with Gasteiger partial charge in [0.2, 0.25) is 0 Å². The molecule has 1 aliphatic rings. The van der Waals surface area contributed by atoms with Gasteiger partial charge in [-0.15, -0.1) is 0 Å². The Kier molecular flexibility index (Phi) is 5.31. The van der Waals surface area contributed by atoms with Gasteiger partial charge in [0.05, 0.1) is 0 Å². The molecule has 0 aliphatic heterocycles. The lowest BCUT2D eigenvalue weighted by atomic mass is 9.78. The average Bonchev–Trinajstić information content (AvgIpc) is 2.49. The van der Waals surface area contributed by atoms with Gasteiger partial charge in [-0.1, -0.05) is 65.8 Å². The molecular formula is C23H29NO. The number of aliphatic imine (C=N–C) groups is 1. The Morgan fingerprint density at radius 1 is 0.880 bits per heavy atom. The molecule has 132 valence electrons. The van der Waals surface area contributed by atoms with Crippen molar-refractivity contribution >= 4 is 12.0 Å². The second kappa shape index (κ2) is 6.95. The van der Waals surface area contributed by atoms with Crippen molar-refractivity contribution in [2.75, 3.05) is 0 Å². The summed E-state index contributed by atoms with van der Waals surface area (Å²) in [7, 11) is 0. The van der Waals surface area contributed by atoms with Crippen LogP contribution in [0.4, 0.5) is 0 Å². The van der Waals surface area contributed by atoms with Crippen LogP contribution in [-0.2, 0) is 10.2 Å². The minimum Gasteiger partial charge on any atom is -0.289 e. The number of carbonyl (C=O) groups is 1.